The fourth-order valence-corrected chi connectivity index (χ4v) is 2.83. The number of halogens is 1. The van der Waals surface area contributed by atoms with Crippen molar-refractivity contribution < 1.29 is 0 Å². The first-order chi connectivity index (χ1) is 12.0. The molecule has 128 valence electrons. The number of anilines is 1. The maximum atomic E-state index is 6.26. The van der Waals surface area contributed by atoms with Crippen LogP contribution in [0.25, 0.3) is 0 Å². The topological polar surface area (TPSA) is 42.2 Å². The van der Waals surface area contributed by atoms with E-state index in [2.05, 4.69) is 34.7 Å². The van der Waals surface area contributed by atoms with Gasteiger partial charge in [0.25, 0.3) is 0 Å². The van der Waals surface area contributed by atoms with Gasteiger partial charge in [-0.1, -0.05) is 47.5 Å². The summed E-state index contributed by atoms with van der Waals surface area (Å²) in [6, 6.07) is 16.0. The molecule has 0 bridgehead atoms. The van der Waals surface area contributed by atoms with E-state index in [9.17, 15) is 0 Å². The van der Waals surface area contributed by atoms with E-state index in [1.165, 1.54) is 5.56 Å². The molecule has 4 nitrogen and oxygen atoms in total. The van der Waals surface area contributed by atoms with E-state index in [0.717, 1.165) is 33.2 Å². The number of nitrogens with one attached hydrogen (secondary N) is 1. The molecule has 0 unspecified atom stereocenters. The van der Waals surface area contributed by atoms with Crippen molar-refractivity contribution in [3.63, 3.8) is 0 Å². The Morgan fingerprint density at radius 3 is 2.52 bits per heavy atom. The summed E-state index contributed by atoms with van der Waals surface area (Å²) >= 11 is 6.26. The molecule has 1 aromatic heterocycles. The minimum absolute atomic E-state index is 0.644. The molecule has 0 aliphatic rings. The van der Waals surface area contributed by atoms with E-state index in [4.69, 9.17) is 11.6 Å². The van der Waals surface area contributed by atoms with Crippen molar-refractivity contribution in [3.05, 3.63) is 81.6 Å². The average molecular weight is 353 g/mol. The largest absolute Gasteiger partial charge is 0.279 e. The summed E-state index contributed by atoms with van der Waals surface area (Å²) in [4.78, 5) is 0. The number of hydrogen-bond donors (Lipinski definition) is 1. The van der Waals surface area contributed by atoms with Crippen LogP contribution in [0.5, 0.6) is 0 Å². The molecule has 0 aliphatic heterocycles. The van der Waals surface area contributed by atoms with Crippen LogP contribution in [0.1, 0.15) is 28.1 Å². The van der Waals surface area contributed by atoms with Crippen molar-refractivity contribution in [2.24, 2.45) is 5.10 Å². The van der Waals surface area contributed by atoms with Crippen molar-refractivity contribution >= 4 is 23.5 Å². The summed E-state index contributed by atoms with van der Waals surface area (Å²) < 4.78 is 1.96. The molecule has 0 amide bonds. The summed E-state index contributed by atoms with van der Waals surface area (Å²) in [6.45, 7) is 6.74. The Morgan fingerprint density at radius 1 is 1.08 bits per heavy atom. The zero-order chi connectivity index (χ0) is 17.8. The molecule has 5 heteroatoms. The van der Waals surface area contributed by atoms with E-state index in [-0.39, 0.29) is 0 Å². The lowest BCUT2D eigenvalue weighted by atomic mass is 10.2. The lowest BCUT2D eigenvalue weighted by molar-refractivity contribution is 0.659. The van der Waals surface area contributed by atoms with Crippen LogP contribution < -0.4 is 5.43 Å². The zero-order valence-corrected chi connectivity index (χ0v) is 15.4. The second kappa shape index (κ2) is 7.53. The van der Waals surface area contributed by atoms with Crippen LogP contribution in [-0.4, -0.2) is 16.0 Å². The van der Waals surface area contributed by atoms with Crippen molar-refractivity contribution in [3.8, 4) is 0 Å². The molecule has 1 N–H and O–H groups in total. The SMILES string of the molecule is Cc1ccc(N/N=C\c2c(C)nn(Cc3ccccc3Cl)c2C)cc1. The van der Waals surface area contributed by atoms with Crippen molar-refractivity contribution in [2.75, 3.05) is 5.43 Å². The van der Waals surface area contributed by atoms with Gasteiger partial charge in [-0.25, -0.2) is 0 Å². The minimum Gasteiger partial charge on any atom is -0.279 e. The summed E-state index contributed by atoms with van der Waals surface area (Å²) in [5.74, 6) is 0. The molecule has 0 aliphatic carbocycles. The van der Waals surface area contributed by atoms with Gasteiger partial charge < -0.3 is 0 Å². The van der Waals surface area contributed by atoms with Crippen LogP contribution in [0.15, 0.2) is 53.6 Å². The Balaban J connectivity index is 1.76. The van der Waals surface area contributed by atoms with Gasteiger partial charge in [-0.2, -0.15) is 10.2 Å². The Hall–Kier alpha value is -2.59. The lowest BCUT2D eigenvalue weighted by Crippen LogP contribution is -2.05. The summed E-state index contributed by atoms with van der Waals surface area (Å²) in [6.07, 6.45) is 1.82. The zero-order valence-electron chi connectivity index (χ0n) is 14.6. The lowest BCUT2D eigenvalue weighted by Gasteiger charge is -2.06. The van der Waals surface area contributed by atoms with Crippen LogP contribution in [0.3, 0.4) is 0 Å². The van der Waals surface area contributed by atoms with Crippen molar-refractivity contribution in [2.45, 2.75) is 27.3 Å². The van der Waals surface area contributed by atoms with Gasteiger partial charge in [0.2, 0.25) is 0 Å². The second-order valence-electron chi connectivity index (χ2n) is 6.07. The van der Waals surface area contributed by atoms with E-state index in [1.807, 2.05) is 61.1 Å². The van der Waals surface area contributed by atoms with Crippen LogP contribution in [0.4, 0.5) is 5.69 Å². The number of hydrazone groups is 1. The molecule has 0 spiro atoms. The van der Waals surface area contributed by atoms with E-state index < -0.39 is 0 Å². The van der Waals surface area contributed by atoms with Crippen LogP contribution >= 0.6 is 11.6 Å². The Bertz CT molecular complexity index is 895. The highest BCUT2D eigenvalue weighted by atomic mass is 35.5. The Kier molecular flexibility index (Phi) is 5.19. The monoisotopic (exact) mass is 352 g/mol. The molecule has 0 saturated heterocycles. The highest BCUT2D eigenvalue weighted by Gasteiger charge is 2.11. The van der Waals surface area contributed by atoms with Gasteiger partial charge in [-0.05, 0) is 44.5 Å². The highest BCUT2D eigenvalue weighted by Crippen LogP contribution is 2.19. The highest BCUT2D eigenvalue weighted by molar-refractivity contribution is 6.31. The fourth-order valence-electron chi connectivity index (χ4n) is 2.64. The number of benzene rings is 2. The maximum absolute atomic E-state index is 6.26. The predicted octanol–water partition coefficient (Wildman–Crippen LogP) is 4.96. The third kappa shape index (κ3) is 4.09. The molecule has 0 fully saturated rings. The minimum atomic E-state index is 0.644. The first-order valence-corrected chi connectivity index (χ1v) is 8.55. The van der Waals surface area contributed by atoms with E-state index in [1.54, 1.807) is 0 Å². The maximum Gasteiger partial charge on any atom is 0.0685 e. The molecule has 3 aromatic rings. The quantitative estimate of drug-likeness (QED) is 0.521. The second-order valence-corrected chi connectivity index (χ2v) is 6.48. The number of aromatic nitrogens is 2. The molecule has 2 aromatic carbocycles. The molecule has 0 atom stereocenters. The molecule has 0 radical (unpaired) electrons. The third-order valence-electron chi connectivity index (χ3n) is 4.15. The Labute approximate surface area is 153 Å². The van der Waals surface area contributed by atoms with Crippen LogP contribution in [-0.2, 0) is 6.54 Å². The first-order valence-electron chi connectivity index (χ1n) is 8.18. The first kappa shape index (κ1) is 17.2. The molecule has 3 rings (SSSR count). The van der Waals surface area contributed by atoms with Gasteiger partial charge in [0.15, 0.2) is 0 Å². The summed E-state index contributed by atoms with van der Waals surface area (Å²) in [5, 5.41) is 9.73. The molecule has 1 heterocycles. The van der Waals surface area contributed by atoms with E-state index >= 15 is 0 Å². The summed E-state index contributed by atoms with van der Waals surface area (Å²) in [5.41, 5.74) is 9.31. The van der Waals surface area contributed by atoms with Gasteiger partial charge >= 0.3 is 0 Å². The standard InChI is InChI=1S/C20H21ClN4/c1-14-8-10-18(11-9-14)23-22-12-19-15(2)24-25(16(19)3)13-17-6-4-5-7-20(17)21/h4-12,23H,13H2,1-3H3/b22-12-. The third-order valence-corrected chi connectivity index (χ3v) is 4.52. The normalized spacial score (nSPS) is 11.2. The molecular formula is C20H21ClN4. The fraction of sp³-hybridized carbons (Fsp3) is 0.200. The smallest absolute Gasteiger partial charge is 0.0685 e. The summed E-state index contributed by atoms with van der Waals surface area (Å²) in [7, 11) is 0. The van der Waals surface area contributed by atoms with Crippen molar-refractivity contribution in [1.29, 1.82) is 0 Å². The average Bonchev–Trinajstić information content (AvgIpc) is 2.86. The van der Waals surface area contributed by atoms with Gasteiger partial charge in [0.05, 0.1) is 24.1 Å². The van der Waals surface area contributed by atoms with Gasteiger partial charge in [0, 0.05) is 16.3 Å². The Morgan fingerprint density at radius 2 is 1.80 bits per heavy atom. The van der Waals surface area contributed by atoms with Crippen LogP contribution in [0, 0.1) is 20.8 Å². The van der Waals surface area contributed by atoms with Gasteiger partial charge in [-0.15, -0.1) is 0 Å². The van der Waals surface area contributed by atoms with Gasteiger partial charge in [-0.3, -0.25) is 10.1 Å². The predicted molar refractivity (Wildman–Crippen MR) is 105 cm³/mol. The van der Waals surface area contributed by atoms with E-state index in [0.29, 0.717) is 6.54 Å². The molecular weight excluding hydrogens is 332 g/mol. The van der Waals surface area contributed by atoms with Gasteiger partial charge in [0.1, 0.15) is 0 Å². The number of hydrogen-bond acceptors (Lipinski definition) is 3. The van der Waals surface area contributed by atoms with Crippen LogP contribution in [0.2, 0.25) is 5.02 Å². The van der Waals surface area contributed by atoms with Crippen molar-refractivity contribution in [1.82, 2.24) is 9.78 Å². The molecule has 25 heavy (non-hydrogen) atoms. The number of rotatable bonds is 5. The number of nitrogens with zero attached hydrogens (tertiary/aromatic N) is 3. The molecule has 0 saturated carbocycles. The number of aryl methyl sites for hydroxylation is 2.